The van der Waals surface area contributed by atoms with E-state index >= 15 is 0 Å². The number of rotatable bonds is 2. The molecule has 0 bridgehead atoms. The molecule has 18 heavy (non-hydrogen) atoms. The van der Waals surface area contributed by atoms with Gasteiger partial charge in [-0.1, -0.05) is 25.9 Å². The highest BCUT2D eigenvalue weighted by molar-refractivity contribution is 5.02. The van der Waals surface area contributed by atoms with Crippen molar-refractivity contribution in [2.75, 3.05) is 13.1 Å². The van der Waals surface area contributed by atoms with Gasteiger partial charge in [-0.2, -0.15) is 4.98 Å². The fraction of sp³-hybridized carbons (Fsp3) is 0.846. The number of β-amino-alcohol motifs (C(OH)–C–C–N with tert-alkyl or cyclic N) is 1. The maximum Gasteiger partial charge on any atom is 0.243 e. The van der Waals surface area contributed by atoms with E-state index in [4.69, 9.17) is 4.52 Å². The molecule has 0 saturated carbocycles. The fourth-order valence-corrected chi connectivity index (χ4v) is 2.20. The summed E-state index contributed by atoms with van der Waals surface area (Å²) >= 11 is 0. The van der Waals surface area contributed by atoms with Crippen LogP contribution in [0.1, 0.15) is 58.3 Å². The molecule has 2 heterocycles. The lowest BCUT2D eigenvalue weighted by Gasteiger charge is -2.32. The van der Waals surface area contributed by atoms with Crippen molar-refractivity contribution < 1.29 is 9.63 Å². The molecule has 0 unspecified atom stereocenters. The van der Waals surface area contributed by atoms with Crippen molar-refractivity contribution in [1.82, 2.24) is 15.0 Å². The highest BCUT2D eigenvalue weighted by Gasteiger charge is 2.28. The zero-order chi connectivity index (χ0) is 13.3. The van der Waals surface area contributed by atoms with Crippen molar-refractivity contribution in [1.29, 1.82) is 0 Å². The number of likely N-dealkylation sites (tertiary alicyclic amines) is 1. The maximum absolute atomic E-state index is 9.70. The molecule has 0 aliphatic carbocycles. The molecule has 1 N–H and O–H groups in total. The van der Waals surface area contributed by atoms with Gasteiger partial charge >= 0.3 is 0 Å². The Balaban J connectivity index is 2.09. The van der Waals surface area contributed by atoms with E-state index < -0.39 is 0 Å². The summed E-state index contributed by atoms with van der Waals surface area (Å²) in [6.07, 6.45) is 1.68. The Morgan fingerprint density at radius 1 is 1.44 bits per heavy atom. The van der Waals surface area contributed by atoms with Crippen molar-refractivity contribution in [2.45, 2.75) is 58.1 Å². The Morgan fingerprint density at radius 3 is 2.72 bits per heavy atom. The van der Waals surface area contributed by atoms with Crippen LogP contribution in [0.5, 0.6) is 0 Å². The van der Waals surface area contributed by atoms with Gasteiger partial charge in [-0.3, -0.25) is 4.90 Å². The van der Waals surface area contributed by atoms with Crippen LogP contribution in [0.4, 0.5) is 0 Å². The first-order valence-electron chi connectivity index (χ1n) is 6.64. The molecule has 1 aliphatic heterocycles. The molecule has 1 fully saturated rings. The summed E-state index contributed by atoms with van der Waals surface area (Å²) in [5.41, 5.74) is -0.0944. The first kappa shape index (κ1) is 13.5. The van der Waals surface area contributed by atoms with Crippen LogP contribution in [0, 0.1) is 0 Å². The highest BCUT2D eigenvalue weighted by atomic mass is 16.5. The van der Waals surface area contributed by atoms with Gasteiger partial charge in [-0.15, -0.1) is 0 Å². The minimum atomic E-state index is -0.230. The van der Waals surface area contributed by atoms with E-state index in [9.17, 15) is 5.11 Å². The van der Waals surface area contributed by atoms with Crippen LogP contribution in [0.2, 0.25) is 0 Å². The molecule has 0 aromatic carbocycles. The highest BCUT2D eigenvalue weighted by Crippen LogP contribution is 2.25. The predicted octanol–water partition coefficient (Wildman–Crippen LogP) is 1.88. The summed E-state index contributed by atoms with van der Waals surface area (Å²) < 4.78 is 5.36. The summed E-state index contributed by atoms with van der Waals surface area (Å²) in [5.74, 6) is 1.39. The van der Waals surface area contributed by atoms with Crippen LogP contribution in [-0.4, -0.2) is 39.3 Å². The summed E-state index contributed by atoms with van der Waals surface area (Å²) in [4.78, 5) is 6.68. The molecule has 0 spiro atoms. The first-order valence-corrected chi connectivity index (χ1v) is 6.64. The topological polar surface area (TPSA) is 62.4 Å². The smallest absolute Gasteiger partial charge is 0.243 e. The molecular formula is C13H23N3O2. The number of piperidine rings is 1. The number of aliphatic hydroxyl groups is 1. The lowest BCUT2D eigenvalue weighted by atomic mass is 9.96. The zero-order valence-electron chi connectivity index (χ0n) is 11.7. The van der Waals surface area contributed by atoms with Crippen molar-refractivity contribution in [3.05, 3.63) is 11.7 Å². The number of hydrogen-bond donors (Lipinski definition) is 1. The molecular weight excluding hydrogens is 230 g/mol. The van der Waals surface area contributed by atoms with Crippen LogP contribution in [0.15, 0.2) is 4.52 Å². The number of aromatic nitrogens is 2. The van der Waals surface area contributed by atoms with Gasteiger partial charge in [-0.05, 0) is 26.3 Å². The van der Waals surface area contributed by atoms with E-state index in [-0.39, 0.29) is 17.6 Å². The number of aliphatic hydroxyl groups excluding tert-OH is 1. The standard InChI is InChI=1S/C13H23N3O2/c1-9(16-7-5-6-10(17)8-16)11-14-12(15-18-11)13(2,3)4/h9-10,17H,5-8H2,1-4H3/t9-,10-/m1/s1. The van der Waals surface area contributed by atoms with Crippen molar-refractivity contribution in [3.8, 4) is 0 Å². The Labute approximate surface area is 108 Å². The van der Waals surface area contributed by atoms with E-state index in [0.29, 0.717) is 12.4 Å². The average molecular weight is 253 g/mol. The summed E-state index contributed by atoms with van der Waals surface area (Å²) in [5, 5.41) is 13.7. The third kappa shape index (κ3) is 2.90. The number of nitrogens with zero attached hydrogens (tertiary/aromatic N) is 3. The van der Waals surface area contributed by atoms with Gasteiger partial charge in [0.25, 0.3) is 0 Å². The molecule has 0 radical (unpaired) electrons. The lowest BCUT2D eigenvalue weighted by molar-refractivity contribution is 0.0422. The Kier molecular flexibility index (Phi) is 3.73. The van der Waals surface area contributed by atoms with Gasteiger partial charge < -0.3 is 9.63 Å². The maximum atomic E-state index is 9.70. The Morgan fingerprint density at radius 2 is 2.17 bits per heavy atom. The van der Waals surface area contributed by atoms with Gasteiger partial charge in [-0.25, -0.2) is 0 Å². The molecule has 0 amide bonds. The summed E-state index contributed by atoms with van der Waals surface area (Å²) in [6.45, 7) is 9.92. The minimum Gasteiger partial charge on any atom is -0.392 e. The van der Waals surface area contributed by atoms with E-state index in [1.165, 1.54) is 0 Å². The van der Waals surface area contributed by atoms with Gasteiger partial charge in [0.1, 0.15) is 0 Å². The molecule has 1 aliphatic rings. The zero-order valence-corrected chi connectivity index (χ0v) is 11.7. The molecule has 1 aromatic heterocycles. The van der Waals surface area contributed by atoms with Crippen molar-refractivity contribution in [2.24, 2.45) is 0 Å². The van der Waals surface area contributed by atoms with Crippen LogP contribution < -0.4 is 0 Å². The molecule has 1 saturated heterocycles. The van der Waals surface area contributed by atoms with E-state index in [1.54, 1.807) is 0 Å². The Hall–Kier alpha value is -0.940. The Bertz CT molecular complexity index is 397. The van der Waals surface area contributed by atoms with Crippen LogP contribution in [0.3, 0.4) is 0 Å². The molecule has 5 nitrogen and oxygen atoms in total. The summed E-state index contributed by atoms with van der Waals surface area (Å²) in [7, 11) is 0. The normalized spacial score (nSPS) is 24.2. The quantitative estimate of drug-likeness (QED) is 0.872. The average Bonchev–Trinajstić information content (AvgIpc) is 2.77. The van der Waals surface area contributed by atoms with Gasteiger partial charge in [0.2, 0.25) is 5.89 Å². The third-order valence-electron chi connectivity index (χ3n) is 3.45. The van der Waals surface area contributed by atoms with Crippen molar-refractivity contribution in [3.63, 3.8) is 0 Å². The second-order valence-corrected chi connectivity index (χ2v) is 6.17. The van der Waals surface area contributed by atoms with Gasteiger partial charge in [0.05, 0.1) is 12.1 Å². The predicted molar refractivity (Wildman–Crippen MR) is 68.2 cm³/mol. The first-order chi connectivity index (χ1) is 8.38. The van der Waals surface area contributed by atoms with E-state index in [0.717, 1.165) is 25.2 Å². The van der Waals surface area contributed by atoms with Gasteiger partial charge in [0, 0.05) is 12.0 Å². The van der Waals surface area contributed by atoms with E-state index in [2.05, 4.69) is 42.7 Å². The molecule has 5 heteroatoms. The molecule has 1 aromatic rings. The second-order valence-electron chi connectivity index (χ2n) is 6.17. The third-order valence-corrected chi connectivity index (χ3v) is 3.45. The largest absolute Gasteiger partial charge is 0.392 e. The molecule has 102 valence electrons. The minimum absolute atomic E-state index is 0.0727. The van der Waals surface area contributed by atoms with Crippen LogP contribution in [0.25, 0.3) is 0 Å². The van der Waals surface area contributed by atoms with Crippen molar-refractivity contribution >= 4 is 0 Å². The molecule has 2 atom stereocenters. The number of hydrogen-bond acceptors (Lipinski definition) is 5. The van der Waals surface area contributed by atoms with Crippen LogP contribution in [-0.2, 0) is 5.41 Å². The SMILES string of the molecule is C[C@H](c1nc(C(C)(C)C)no1)N1CCC[C@@H](O)C1. The fourth-order valence-electron chi connectivity index (χ4n) is 2.20. The monoisotopic (exact) mass is 253 g/mol. The molecule has 2 rings (SSSR count). The lowest BCUT2D eigenvalue weighted by Crippen LogP contribution is -2.39. The summed E-state index contributed by atoms with van der Waals surface area (Å²) in [6, 6.07) is 0.0727. The van der Waals surface area contributed by atoms with E-state index in [1.807, 2.05) is 0 Å². The second kappa shape index (κ2) is 4.97. The van der Waals surface area contributed by atoms with Gasteiger partial charge in [0.15, 0.2) is 5.82 Å². The van der Waals surface area contributed by atoms with Crippen LogP contribution >= 0.6 is 0 Å².